The van der Waals surface area contributed by atoms with E-state index < -0.39 is 5.25 Å². The molecule has 150 valence electrons. The van der Waals surface area contributed by atoms with Crippen LogP contribution in [0.5, 0.6) is 0 Å². The third kappa shape index (κ3) is 5.30. The Labute approximate surface area is 186 Å². The number of hydrogen-bond donors (Lipinski definition) is 1. The molecule has 1 amide bonds. The van der Waals surface area contributed by atoms with Crippen LogP contribution in [-0.4, -0.2) is 29.2 Å². The predicted molar refractivity (Wildman–Crippen MR) is 119 cm³/mol. The van der Waals surface area contributed by atoms with Crippen LogP contribution in [0.3, 0.4) is 0 Å². The minimum atomic E-state index is -0.438. The number of amides is 1. The minimum Gasteiger partial charge on any atom is -0.468 e. The quantitative estimate of drug-likeness (QED) is 0.355. The van der Waals surface area contributed by atoms with Crippen LogP contribution in [0.4, 0.5) is 5.13 Å². The molecule has 5 nitrogen and oxygen atoms in total. The first-order valence-electron chi connectivity index (χ1n) is 8.45. The van der Waals surface area contributed by atoms with Crippen LogP contribution >= 0.6 is 46.3 Å². The molecule has 0 aliphatic rings. The van der Waals surface area contributed by atoms with E-state index in [0.717, 1.165) is 5.56 Å². The van der Waals surface area contributed by atoms with Gasteiger partial charge in [0.15, 0.2) is 5.13 Å². The van der Waals surface area contributed by atoms with Crippen LogP contribution in [0.2, 0.25) is 10.0 Å². The highest BCUT2D eigenvalue weighted by Gasteiger charge is 2.20. The van der Waals surface area contributed by atoms with Gasteiger partial charge in [-0.15, -0.1) is 23.1 Å². The number of anilines is 1. The number of benzene rings is 2. The Morgan fingerprint density at radius 2 is 1.97 bits per heavy atom. The van der Waals surface area contributed by atoms with Crippen molar-refractivity contribution in [1.29, 1.82) is 0 Å². The number of nitrogens with zero attached hydrogens (tertiary/aromatic N) is 1. The van der Waals surface area contributed by atoms with E-state index in [1.807, 2.05) is 11.4 Å². The van der Waals surface area contributed by atoms with E-state index in [0.29, 0.717) is 31.3 Å². The van der Waals surface area contributed by atoms with E-state index in [2.05, 4.69) is 10.3 Å². The first-order valence-corrected chi connectivity index (χ1v) is 11.0. The van der Waals surface area contributed by atoms with Crippen molar-refractivity contribution < 1.29 is 14.3 Å². The van der Waals surface area contributed by atoms with E-state index in [9.17, 15) is 9.59 Å². The van der Waals surface area contributed by atoms with Gasteiger partial charge in [-0.25, -0.2) is 4.98 Å². The number of rotatable bonds is 6. The molecule has 3 aromatic rings. The molecule has 3 rings (SSSR count). The largest absolute Gasteiger partial charge is 0.468 e. The summed E-state index contributed by atoms with van der Waals surface area (Å²) < 4.78 is 4.75. The zero-order chi connectivity index (χ0) is 21.0. The van der Waals surface area contributed by atoms with E-state index in [-0.39, 0.29) is 11.9 Å². The molecule has 0 bridgehead atoms. The molecular weight excluding hydrogens is 451 g/mol. The fourth-order valence-electron chi connectivity index (χ4n) is 2.48. The molecule has 0 aliphatic carbocycles. The van der Waals surface area contributed by atoms with Crippen molar-refractivity contribution in [1.82, 2.24) is 4.98 Å². The molecule has 0 aliphatic heterocycles. The Morgan fingerprint density at radius 3 is 2.69 bits per heavy atom. The molecule has 0 fully saturated rings. The average molecular weight is 467 g/mol. The number of esters is 1. The number of nitrogens with one attached hydrogen (secondary N) is 1. The Balaban J connectivity index is 1.78. The summed E-state index contributed by atoms with van der Waals surface area (Å²) in [6.45, 7) is 1.73. The van der Waals surface area contributed by atoms with E-state index >= 15 is 0 Å². The van der Waals surface area contributed by atoms with Gasteiger partial charge < -0.3 is 4.74 Å². The van der Waals surface area contributed by atoms with Crippen molar-refractivity contribution in [3.8, 4) is 11.3 Å². The summed E-state index contributed by atoms with van der Waals surface area (Å²) in [7, 11) is 1.34. The number of methoxy groups -OCH3 is 1. The van der Waals surface area contributed by atoms with Crippen LogP contribution in [0, 0.1) is 0 Å². The van der Waals surface area contributed by atoms with Gasteiger partial charge in [0.1, 0.15) is 5.25 Å². The van der Waals surface area contributed by atoms with Crippen LogP contribution < -0.4 is 5.32 Å². The molecular formula is C20H16Cl2N2O3S2. The van der Waals surface area contributed by atoms with Gasteiger partial charge in [0.25, 0.3) is 5.91 Å². The smallest absolute Gasteiger partial charge is 0.318 e. The maximum atomic E-state index is 12.8. The third-order valence-electron chi connectivity index (χ3n) is 3.90. The van der Waals surface area contributed by atoms with Gasteiger partial charge in [-0.2, -0.15) is 0 Å². The maximum absolute atomic E-state index is 12.8. The van der Waals surface area contributed by atoms with Gasteiger partial charge in [-0.05, 0) is 37.3 Å². The van der Waals surface area contributed by atoms with Gasteiger partial charge in [-0.3, -0.25) is 14.9 Å². The lowest BCUT2D eigenvalue weighted by Crippen LogP contribution is -2.17. The standard InChI is InChI=1S/C20H16Cl2N2O3S2/c1-11(19(26)27-2)29-17-6-4-3-5-14(17)18(25)24-20-23-16(10-28-20)13-8-7-12(21)9-15(13)22/h3-11H,1-2H3,(H,23,24,25). The van der Waals surface area contributed by atoms with Crippen molar-refractivity contribution in [2.45, 2.75) is 17.1 Å². The fourth-order valence-corrected chi connectivity index (χ4v) is 4.71. The Bertz CT molecular complexity index is 1060. The van der Waals surface area contributed by atoms with E-state index in [4.69, 9.17) is 27.9 Å². The highest BCUT2D eigenvalue weighted by atomic mass is 35.5. The summed E-state index contributed by atoms with van der Waals surface area (Å²) in [6.07, 6.45) is 0. The molecule has 1 atom stereocenters. The lowest BCUT2D eigenvalue weighted by Gasteiger charge is -2.12. The van der Waals surface area contributed by atoms with Crippen LogP contribution in [0.15, 0.2) is 52.7 Å². The summed E-state index contributed by atoms with van der Waals surface area (Å²) in [4.78, 5) is 29.6. The summed E-state index contributed by atoms with van der Waals surface area (Å²) >= 11 is 14.7. The van der Waals surface area contributed by atoms with Crippen LogP contribution in [0.25, 0.3) is 11.3 Å². The van der Waals surface area contributed by atoms with Gasteiger partial charge in [0.2, 0.25) is 0 Å². The van der Waals surface area contributed by atoms with Gasteiger partial charge >= 0.3 is 5.97 Å². The maximum Gasteiger partial charge on any atom is 0.318 e. The Hall–Kier alpha value is -2.06. The molecule has 0 saturated heterocycles. The second-order valence-electron chi connectivity index (χ2n) is 5.90. The minimum absolute atomic E-state index is 0.312. The number of carbonyl (C=O) groups excluding carboxylic acids is 2. The number of aromatic nitrogens is 1. The van der Waals surface area contributed by atoms with Crippen molar-refractivity contribution in [2.75, 3.05) is 12.4 Å². The second-order valence-corrected chi connectivity index (χ2v) is 8.98. The van der Waals surface area contributed by atoms with E-state index in [1.165, 1.54) is 30.2 Å². The first-order chi connectivity index (χ1) is 13.9. The third-order valence-corrected chi connectivity index (χ3v) is 6.36. The monoisotopic (exact) mass is 466 g/mol. The molecule has 0 radical (unpaired) electrons. The lowest BCUT2D eigenvalue weighted by atomic mass is 10.2. The number of carbonyl (C=O) groups is 2. The fraction of sp³-hybridized carbons (Fsp3) is 0.150. The second kappa shape index (κ2) is 9.63. The molecule has 0 spiro atoms. The molecule has 2 aromatic carbocycles. The van der Waals surface area contributed by atoms with Gasteiger partial charge in [0, 0.05) is 20.9 Å². The summed E-state index contributed by atoms with van der Waals surface area (Å²) in [5.41, 5.74) is 1.83. The zero-order valence-electron chi connectivity index (χ0n) is 15.4. The molecule has 1 heterocycles. The number of thioether (sulfide) groups is 1. The topological polar surface area (TPSA) is 68.3 Å². The summed E-state index contributed by atoms with van der Waals surface area (Å²) in [6, 6.07) is 12.2. The summed E-state index contributed by atoms with van der Waals surface area (Å²) in [5.74, 6) is -0.664. The SMILES string of the molecule is COC(=O)C(C)Sc1ccccc1C(=O)Nc1nc(-c2ccc(Cl)cc2Cl)cs1. The van der Waals surface area contributed by atoms with E-state index in [1.54, 1.807) is 43.3 Å². The predicted octanol–water partition coefficient (Wildman–Crippen LogP) is 6.02. The number of hydrogen-bond acceptors (Lipinski definition) is 6. The zero-order valence-corrected chi connectivity index (χ0v) is 18.6. The van der Waals surface area contributed by atoms with Crippen molar-refractivity contribution in [3.05, 3.63) is 63.5 Å². The van der Waals surface area contributed by atoms with Gasteiger partial charge in [-0.1, -0.05) is 35.3 Å². The Morgan fingerprint density at radius 1 is 1.21 bits per heavy atom. The molecule has 29 heavy (non-hydrogen) atoms. The van der Waals surface area contributed by atoms with Crippen molar-refractivity contribution >= 4 is 63.3 Å². The molecule has 1 aromatic heterocycles. The molecule has 1 unspecified atom stereocenters. The molecule has 1 N–H and O–H groups in total. The Kier molecular flexibility index (Phi) is 7.18. The lowest BCUT2D eigenvalue weighted by molar-refractivity contribution is -0.139. The number of ether oxygens (including phenoxy) is 1. The molecule has 0 saturated carbocycles. The highest BCUT2D eigenvalue weighted by molar-refractivity contribution is 8.00. The number of halogens is 2. The average Bonchev–Trinajstić information content (AvgIpc) is 3.15. The first kappa shape index (κ1) is 21.6. The highest BCUT2D eigenvalue weighted by Crippen LogP contribution is 2.33. The van der Waals surface area contributed by atoms with Crippen LogP contribution in [-0.2, 0) is 9.53 Å². The number of thiazole rings is 1. The summed E-state index contributed by atoms with van der Waals surface area (Å²) in [5, 5.41) is 5.65. The normalized spacial score (nSPS) is 11.7. The van der Waals surface area contributed by atoms with Gasteiger partial charge in [0.05, 0.1) is 23.4 Å². The van der Waals surface area contributed by atoms with Crippen molar-refractivity contribution in [3.63, 3.8) is 0 Å². The molecule has 9 heteroatoms. The van der Waals surface area contributed by atoms with Crippen molar-refractivity contribution in [2.24, 2.45) is 0 Å². The van der Waals surface area contributed by atoms with Crippen LogP contribution in [0.1, 0.15) is 17.3 Å².